The van der Waals surface area contributed by atoms with Crippen LogP contribution >= 0.6 is 0 Å². The Balaban J connectivity index is 1.84. The minimum atomic E-state index is -0.933. The van der Waals surface area contributed by atoms with Crippen LogP contribution in [0, 0.1) is 6.92 Å². The average Bonchev–Trinajstić information content (AvgIpc) is 2.78. The second kappa shape index (κ2) is 4.68. The van der Waals surface area contributed by atoms with Crippen LogP contribution in [0.5, 0.6) is 0 Å². The lowest BCUT2D eigenvalue weighted by Crippen LogP contribution is -2.49. The van der Waals surface area contributed by atoms with Gasteiger partial charge in [-0.2, -0.15) is 0 Å². The molecule has 0 saturated carbocycles. The lowest BCUT2D eigenvalue weighted by atomic mass is 9.96. The van der Waals surface area contributed by atoms with Gasteiger partial charge in [-0.25, -0.2) is 4.98 Å². The van der Waals surface area contributed by atoms with E-state index >= 15 is 0 Å². The molecule has 1 N–H and O–H groups in total. The molecule has 0 aromatic carbocycles. The van der Waals surface area contributed by atoms with Crippen LogP contribution in [0.3, 0.4) is 0 Å². The maximum Gasteiger partial charge on any atom is 0.270 e. The van der Waals surface area contributed by atoms with Gasteiger partial charge in [0.1, 0.15) is 5.82 Å². The number of aromatic amines is 1. The molecular formula is C14H18N4O3. The monoisotopic (exact) mass is 290 g/mol. The molecule has 0 fully saturated rings. The van der Waals surface area contributed by atoms with Crippen molar-refractivity contribution in [3.8, 4) is 0 Å². The molecule has 7 heteroatoms. The quantitative estimate of drug-likeness (QED) is 0.816. The minimum Gasteiger partial charge on any atom is -0.379 e. The minimum absolute atomic E-state index is 0.103. The lowest BCUT2D eigenvalue weighted by molar-refractivity contribution is -0.154. The maximum atomic E-state index is 12.7. The standard InChI is InChI=1S/C14H18N4O3/c1-8-6-14(3,21-17-8)13(20)18-5-4-10-11(7-18)15-9(2)16-12(10)19/h4-7H2,1-3H3,(H,15,16,19)/t14-/m1/s1. The van der Waals surface area contributed by atoms with Crippen LogP contribution in [-0.2, 0) is 22.6 Å². The Morgan fingerprint density at radius 1 is 1.43 bits per heavy atom. The summed E-state index contributed by atoms with van der Waals surface area (Å²) in [5, 5.41) is 3.88. The average molecular weight is 290 g/mol. The molecule has 0 bridgehead atoms. The third-order valence-corrected chi connectivity index (χ3v) is 3.93. The van der Waals surface area contributed by atoms with Gasteiger partial charge in [0.15, 0.2) is 0 Å². The Labute approximate surface area is 122 Å². The van der Waals surface area contributed by atoms with E-state index in [0.29, 0.717) is 43.0 Å². The third kappa shape index (κ3) is 2.32. The van der Waals surface area contributed by atoms with Gasteiger partial charge in [0.2, 0.25) is 5.60 Å². The third-order valence-electron chi connectivity index (χ3n) is 3.93. The van der Waals surface area contributed by atoms with Gasteiger partial charge >= 0.3 is 0 Å². The number of hydrogen-bond donors (Lipinski definition) is 1. The molecule has 1 aromatic heterocycles. The topological polar surface area (TPSA) is 87.7 Å². The fraction of sp³-hybridized carbons (Fsp3) is 0.571. The van der Waals surface area contributed by atoms with Crippen LogP contribution in [0.1, 0.15) is 37.4 Å². The number of aromatic nitrogens is 2. The van der Waals surface area contributed by atoms with Crippen LogP contribution in [0.2, 0.25) is 0 Å². The predicted octanol–water partition coefficient (Wildman–Crippen LogP) is 0.518. The number of nitrogens with one attached hydrogen (secondary N) is 1. The van der Waals surface area contributed by atoms with Crippen LogP contribution in [0.25, 0.3) is 0 Å². The first kappa shape index (κ1) is 13.8. The van der Waals surface area contributed by atoms with Crippen molar-refractivity contribution in [3.63, 3.8) is 0 Å². The summed E-state index contributed by atoms with van der Waals surface area (Å²) in [5.41, 5.74) is 1.13. The van der Waals surface area contributed by atoms with E-state index in [2.05, 4.69) is 15.1 Å². The first-order valence-electron chi connectivity index (χ1n) is 6.99. The highest BCUT2D eigenvalue weighted by molar-refractivity contribution is 5.94. The van der Waals surface area contributed by atoms with Gasteiger partial charge in [0.05, 0.1) is 18.0 Å². The van der Waals surface area contributed by atoms with Gasteiger partial charge in [-0.05, 0) is 27.2 Å². The normalized spacial score (nSPS) is 24.3. The zero-order valence-corrected chi connectivity index (χ0v) is 12.4. The SMILES string of the molecule is CC1=NO[C@@](C)(C(=O)N2CCc3c(nc(C)[nH]c3=O)C2)C1. The first-order chi connectivity index (χ1) is 9.89. The van der Waals surface area contributed by atoms with Gasteiger partial charge in [0, 0.05) is 18.5 Å². The lowest BCUT2D eigenvalue weighted by Gasteiger charge is -2.32. The summed E-state index contributed by atoms with van der Waals surface area (Å²) in [6.07, 6.45) is 1.01. The summed E-state index contributed by atoms with van der Waals surface area (Å²) >= 11 is 0. The van der Waals surface area contributed by atoms with Crippen molar-refractivity contribution >= 4 is 11.6 Å². The van der Waals surface area contributed by atoms with Gasteiger partial charge in [0.25, 0.3) is 11.5 Å². The van der Waals surface area contributed by atoms with E-state index in [9.17, 15) is 9.59 Å². The Morgan fingerprint density at radius 3 is 2.86 bits per heavy atom. The zero-order valence-electron chi connectivity index (χ0n) is 12.4. The van der Waals surface area contributed by atoms with E-state index in [1.54, 1.807) is 18.7 Å². The number of nitrogens with zero attached hydrogens (tertiary/aromatic N) is 3. The predicted molar refractivity (Wildman–Crippen MR) is 75.9 cm³/mol. The van der Waals surface area contributed by atoms with Crippen molar-refractivity contribution < 1.29 is 9.63 Å². The highest BCUT2D eigenvalue weighted by Gasteiger charge is 2.44. The van der Waals surface area contributed by atoms with Crippen LogP contribution in [0.15, 0.2) is 9.95 Å². The molecule has 2 aliphatic heterocycles. The first-order valence-corrected chi connectivity index (χ1v) is 6.99. The molecule has 1 atom stereocenters. The number of rotatable bonds is 1. The highest BCUT2D eigenvalue weighted by atomic mass is 16.7. The number of carbonyl (C=O) groups excluding carboxylic acids is 1. The Bertz CT molecular complexity index is 694. The maximum absolute atomic E-state index is 12.7. The van der Waals surface area contributed by atoms with Crippen molar-refractivity contribution in [1.82, 2.24) is 14.9 Å². The molecule has 0 radical (unpaired) electrons. The molecule has 0 aliphatic carbocycles. The molecule has 21 heavy (non-hydrogen) atoms. The van der Waals surface area contributed by atoms with E-state index in [-0.39, 0.29) is 11.5 Å². The second-order valence-corrected chi connectivity index (χ2v) is 5.88. The Hall–Kier alpha value is -2.18. The molecule has 0 saturated heterocycles. The van der Waals surface area contributed by atoms with E-state index < -0.39 is 5.60 Å². The van der Waals surface area contributed by atoms with Crippen molar-refractivity contribution in [2.45, 2.75) is 45.8 Å². The molecule has 0 spiro atoms. The fourth-order valence-corrected chi connectivity index (χ4v) is 2.92. The molecule has 0 unspecified atom stereocenters. The van der Waals surface area contributed by atoms with Crippen LogP contribution in [0.4, 0.5) is 0 Å². The van der Waals surface area contributed by atoms with Crippen LogP contribution in [-0.4, -0.2) is 38.6 Å². The molecular weight excluding hydrogens is 272 g/mol. The molecule has 112 valence electrons. The Morgan fingerprint density at radius 2 is 2.19 bits per heavy atom. The number of oxime groups is 1. The Kier molecular flexibility index (Phi) is 3.07. The molecule has 7 nitrogen and oxygen atoms in total. The summed E-state index contributed by atoms with van der Waals surface area (Å²) in [5.74, 6) is 0.462. The van der Waals surface area contributed by atoms with E-state index in [0.717, 1.165) is 5.71 Å². The van der Waals surface area contributed by atoms with Crippen molar-refractivity contribution in [2.75, 3.05) is 6.54 Å². The highest BCUT2D eigenvalue weighted by Crippen LogP contribution is 2.27. The number of hydrogen-bond acceptors (Lipinski definition) is 5. The molecule has 3 rings (SSSR count). The van der Waals surface area contributed by atoms with Gasteiger partial charge in [-0.15, -0.1) is 0 Å². The van der Waals surface area contributed by atoms with E-state index in [1.807, 2.05) is 6.92 Å². The molecule has 1 amide bonds. The molecule has 1 aromatic rings. The van der Waals surface area contributed by atoms with Gasteiger partial charge < -0.3 is 14.7 Å². The van der Waals surface area contributed by atoms with Gasteiger partial charge in [-0.3, -0.25) is 9.59 Å². The number of carbonyl (C=O) groups is 1. The van der Waals surface area contributed by atoms with E-state index in [1.165, 1.54) is 0 Å². The second-order valence-electron chi connectivity index (χ2n) is 5.88. The number of amides is 1. The fourth-order valence-electron chi connectivity index (χ4n) is 2.92. The number of H-pyrrole nitrogens is 1. The molecule has 3 heterocycles. The summed E-state index contributed by atoms with van der Waals surface area (Å²) in [7, 11) is 0. The molecule has 2 aliphatic rings. The number of aryl methyl sites for hydroxylation is 1. The summed E-state index contributed by atoms with van der Waals surface area (Å²) in [6.45, 7) is 6.17. The van der Waals surface area contributed by atoms with Gasteiger partial charge in [-0.1, -0.05) is 5.16 Å². The summed E-state index contributed by atoms with van der Waals surface area (Å²) in [6, 6.07) is 0. The van der Waals surface area contributed by atoms with Crippen molar-refractivity contribution in [1.29, 1.82) is 0 Å². The number of fused-ring (bicyclic) bond motifs is 1. The largest absolute Gasteiger partial charge is 0.379 e. The zero-order chi connectivity index (χ0) is 15.2. The van der Waals surface area contributed by atoms with Crippen molar-refractivity contribution in [3.05, 3.63) is 27.4 Å². The smallest absolute Gasteiger partial charge is 0.270 e. The van der Waals surface area contributed by atoms with E-state index in [4.69, 9.17) is 4.84 Å². The summed E-state index contributed by atoms with van der Waals surface area (Å²) in [4.78, 5) is 38.6. The van der Waals surface area contributed by atoms with Crippen molar-refractivity contribution in [2.24, 2.45) is 5.16 Å². The summed E-state index contributed by atoms with van der Waals surface area (Å²) < 4.78 is 0. The van der Waals surface area contributed by atoms with Crippen LogP contribution < -0.4 is 5.56 Å².